The normalized spacial score (nSPS) is 12.3. The number of furan rings is 2. The Morgan fingerprint density at radius 2 is 2.06 bits per heavy atom. The predicted molar refractivity (Wildman–Crippen MR) is 54.7 cm³/mol. The van der Waals surface area contributed by atoms with Crippen molar-refractivity contribution in [3.63, 3.8) is 0 Å². The smallest absolute Gasteiger partial charge is 0.287 e. The molecule has 0 aliphatic heterocycles. The molecule has 1 unspecified atom stereocenters. The summed E-state index contributed by atoms with van der Waals surface area (Å²) in [6, 6.07) is 5.98. The lowest BCUT2D eigenvalue weighted by molar-refractivity contribution is 0.0879. The molecule has 5 heteroatoms. The molecule has 16 heavy (non-hydrogen) atoms. The molecule has 0 aromatic carbocycles. The second kappa shape index (κ2) is 4.67. The van der Waals surface area contributed by atoms with Crippen molar-refractivity contribution in [1.82, 2.24) is 5.32 Å². The number of aliphatic hydroxyl groups is 1. The van der Waals surface area contributed by atoms with Gasteiger partial charge in [-0.25, -0.2) is 0 Å². The third kappa shape index (κ3) is 2.14. The Morgan fingerprint density at radius 1 is 1.31 bits per heavy atom. The van der Waals surface area contributed by atoms with Crippen LogP contribution in [0.25, 0.3) is 0 Å². The molecule has 5 nitrogen and oxygen atoms in total. The van der Waals surface area contributed by atoms with Gasteiger partial charge in [-0.1, -0.05) is 0 Å². The Labute approximate surface area is 91.7 Å². The molecule has 2 N–H and O–H groups in total. The summed E-state index contributed by atoms with van der Waals surface area (Å²) in [6.07, 6.45) is 2.90. The van der Waals surface area contributed by atoms with Gasteiger partial charge in [-0.15, -0.1) is 0 Å². The van der Waals surface area contributed by atoms with Crippen molar-refractivity contribution in [3.8, 4) is 0 Å². The number of rotatable bonds is 4. The molecule has 84 valence electrons. The maximum atomic E-state index is 11.6. The molecular formula is C11H11NO4. The molecule has 2 aromatic heterocycles. The Morgan fingerprint density at radius 3 is 2.62 bits per heavy atom. The second-order valence-corrected chi connectivity index (χ2v) is 3.20. The van der Waals surface area contributed by atoms with Crippen LogP contribution in [0.15, 0.2) is 45.6 Å². The molecule has 2 rings (SSSR count). The molecule has 0 saturated heterocycles. The van der Waals surface area contributed by atoms with Gasteiger partial charge in [0, 0.05) is 0 Å². The summed E-state index contributed by atoms with van der Waals surface area (Å²) in [5, 5.41) is 11.7. The van der Waals surface area contributed by atoms with Crippen LogP contribution in [0.1, 0.15) is 22.4 Å². The van der Waals surface area contributed by atoms with E-state index in [4.69, 9.17) is 13.9 Å². The number of amides is 1. The summed E-state index contributed by atoms with van der Waals surface area (Å²) in [7, 11) is 0. The van der Waals surface area contributed by atoms with E-state index in [0.717, 1.165) is 0 Å². The van der Waals surface area contributed by atoms with E-state index in [2.05, 4.69) is 5.32 Å². The third-order valence-electron chi connectivity index (χ3n) is 2.12. The Bertz CT molecular complexity index is 433. The zero-order valence-electron chi connectivity index (χ0n) is 8.42. The number of hydrogen-bond donors (Lipinski definition) is 2. The summed E-state index contributed by atoms with van der Waals surface area (Å²) in [5.74, 6) is 0.313. The predicted octanol–water partition coefficient (Wildman–Crippen LogP) is 1.34. The second-order valence-electron chi connectivity index (χ2n) is 3.20. The molecule has 0 spiro atoms. The van der Waals surface area contributed by atoms with E-state index in [-0.39, 0.29) is 18.3 Å². The maximum Gasteiger partial charge on any atom is 0.287 e. The first-order valence-electron chi connectivity index (χ1n) is 4.80. The van der Waals surface area contributed by atoms with Crippen LogP contribution in [0.4, 0.5) is 0 Å². The van der Waals surface area contributed by atoms with Gasteiger partial charge in [0.15, 0.2) is 5.76 Å². The van der Waals surface area contributed by atoms with Crippen LogP contribution in [0.3, 0.4) is 0 Å². The quantitative estimate of drug-likeness (QED) is 0.816. The molecule has 0 saturated carbocycles. The lowest BCUT2D eigenvalue weighted by Crippen LogP contribution is -2.30. The van der Waals surface area contributed by atoms with Crippen molar-refractivity contribution in [1.29, 1.82) is 0 Å². The molecule has 0 aliphatic carbocycles. The van der Waals surface area contributed by atoms with Crippen LogP contribution in [-0.2, 0) is 0 Å². The number of aliphatic hydroxyl groups excluding tert-OH is 1. The first kappa shape index (κ1) is 10.5. The molecule has 2 aromatic rings. The average molecular weight is 221 g/mol. The minimum absolute atomic E-state index is 0.199. The van der Waals surface area contributed by atoms with Crippen molar-refractivity contribution in [2.24, 2.45) is 0 Å². The van der Waals surface area contributed by atoms with Crippen LogP contribution >= 0.6 is 0 Å². The fourth-order valence-corrected chi connectivity index (χ4v) is 1.33. The zero-order valence-corrected chi connectivity index (χ0v) is 8.42. The van der Waals surface area contributed by atoms with Crippen LogP contribution in [0.2, 0.25) is 0 Å². The minimum atomic E-state index is -0.562. The average Bonchev–Trinajstić information content (AvgIpc) is 2.96. The SMILES string of the molecule is O=C(NC(CO)c1ccco1)c1ccco1. The van der Waals surface area contributed by atoms with Crippen LogP contribution < -0.4 is 5.32 Å². The molecule has 0 aliphatic rings. The minimum Gasteiger partial charge on any atom is -0.467 e. The standard InChI is InChI=1S/C11H11NO4/c13-7-8(9-3-1-5-15-9)12-11(14)10-4-2-6-16-10/h1-6,8,13H,7H2,(H,12,14). The lowest BCUT2D eigenvalue weighted by Gasteiger charge is -2.12. The summed E-state index contributed by atoms with van der Waals surface area (Å²) in [4.78, 5) is 11.6. The van der Waals surface area contributed by atoms with Gasteiger partial charge in [0.05, 0.1) is 19.1 Å². The van der Waals surface area contributed by atoms with E-state index in [1.54, 1.807) is 24.3 Å². The van der Waals surface area contributed by atoms with Crippen LogP contribution in [0.5, 0.6) is 0 Å². The molecule has 0 radical (unpaired) electrons. The lowest BCUT2D eigenvalue weighted by atomic mass is 10.2. The van der Waals surface area contributed by atoms with E-state index in [0.29, 0.717) is 5.76 Å². The van der Waals surface area contributed by atoms with Crippen LogP contribution in [-0.4, -0.2) is 17.6 Å². The highest BCUT2D eigenvalue weighted by atomic mass is 16.3. The van der Waals surface area contributed by atoms with Gasteiger partial charge in [-0.2, -0.15) is 0 Å². The van der Waals surface area contributed by atoms with E-state index in [9.17, 15) is 4.79 Å². The molecule has 2 heterocycles. The highest BCUT2D eigenvalue weighted by molar-refractivity contribution is 5.91. The van der Waals surface area contributed by atoms with Gasteiger partial charge in [0.25, 0.3) is 5.91 Å². The van der Waals surface area contributed by atoms with Crippen molar-refractivity contribution >= 4 is 5.91 Å². The molecule has 1 atom stereocenters. The van der Waals surface area contributed by atoms with Gasteiger partial charge < -0.3 is 19.3 Å². The van der Waals surface area contributed by atoms with Gasteiger partial charge in [-0.05, 0) is 24.3 Å². The van der Waals surface area contributed by atoms with E-state index in [1.165, 1.54) is 12.5 Å². The van der Waals surface area contributed by atoms with Gasteiger partial charge in [-0.3, -0.25) is 4.79 Å². The Hall–Kier alpha value is -2.01. The first-order valence-corrected chi connectivity index (χ1v) is 4.80. The third-order valence-corrected chi connectivity index (χ3v) is 2.12. The van der Waals surface area contributed by atoms with Gasteiger partial charge >= 0.3 is 0 Å². The number of carbonyl (C=O) groups is 1. The topological polar surface area (TPSA) is 75.6 Å². The molecule has 0 bridgehead atoms. The monoisotopic (exact) mass is 221 g/mol. The summed E-state index contributed by atoms with van der Waals surface area (Å²) < 4.78 is 10.0. The van der Waals surface area contributed by atoms with Crippen molar-refractivity contribution in [2.75, 3.05) is 6.61 Å². The highest BCUT2D eigenvalue weighted by Gasteiger charge is 2.18. The summed E-state index contributed by atoms with van der Waals surface area (Å²) in [6.45, 7) is -0.236. The number of carbonyl (C=O) groups excluding carboxylic acids is 1. The fraction of sp³-hybridized carbons (Fsp3) is 0.182. The maximum absolute atomic E-state index is 11.6. The van der Waals surface area contributed by atoms with Crippen molar-refractivity contribution in [3.05, 3.63) is 48.3 Å². The fourth-order valence-electron chi connectivity index (χ4n) is 1.33. The summed E-state index contributed by atoms with van der Waals surface area (Å²) in [5.41, 5.74) is 0. The molecular weight excluding hydrogens is 210 g/mol. The zero-order chi connectivity index (χ0) is 11.4. The first-order chi connectivity index (χ1) is 7.81. The van der Waals surface area contributed by atoms with E-state index < -0.39 is 6.04 Å². The van der Waals surface area contributed by atoms with Crippen LogP contribution in [0, 0.1) is 0 Å². The molecule has 1 amide bonds. The van der Waals surface area contributed by atoms with Crippen molar-refractivity contribution < 1.29 is 18.7 Å². The number of nitrogens with one attached hydrogen (secondary N) is 1. The van der Waals surface area contributed by atoms with Gasteiger partial charge in [0.2, 0.25) is 0 Å². The van der Waals surface area contributed by atoms with E-state index in [1.807, 2.05) is 0 Å². The highest BCUT2D eigenvalue weighted by Crippen LogP contribution is 2.13. The Kier molecular flexibility index (Phi) is 3.07. The summed E-state index contributed by atoms with van der Waals surface area (Å²) >= 11 is 0. The molecule has 0 fully saturated rings. The number of hydrogen-bond acceptors (Lipinski definition) is 4. The van der Waals surface area contributed by atoms with Crippen molar-refractivity contribution in [2.45, 2.75) is 6.04 Å². The Balaban J connectivity index is 2.05. The largest absolute Gasteiger partial charge is 0.467 e. The van der Waals surface area contributed by atoms with Gasteiger partial charge in [0.1, 0.15) is 11.8 Å². The van der Waals surface area contributed by atoms with E-state index >= 15 is 0 Å².